The van der Waals surface area contributed by atoms with Crippen molar-refractivity contribution in [1.82, 2.24) is 4.90 Å². The summed E-state index contributed by atoms with van der Waals surface area (Å²) in [6, 6.07) is 6.45. The maximum Gasteiger partial charge on any atom is 0.147 e. The second-order valence-corrected chi connectivity index (χ2v) is 4.41. The molecule has 1 fully saturated rings. The number of likely N-dealkylation sites (N-methyl/N-ethyl adjacent to an activating group) is 1. The van der Waals surface area contributed by atoms with Gasteiger partial charge in [0.15, 0.2) is 0 Å². The van der Waals surface area contributed by atoms with E-state index in [1.807, 2.05) is 13.1 Å². The molecule has 96 valence electrons. The maximum atomic E-state index is 13.6. The molecule has 2 rings (SSSR count). The van der Waals surface area contributed by atoms with Crippen molar-refractivity contribution in [3.8, 4) is 6.07 Å². The van der Waals surface area contributed by atoms with Crippen LogP contribution < -0.4 is 5.32 Å². The first-order valence-corrected chi connectivity index (χ1v) is 5.93. The van der Waals surface area contributed by atoms with Crippen LogP contribution in [0.25, 0.3) is 0 Å². The van der Waals surface area contributed by atoms with Crippen molar-refractivity contribution < 1.29 is 9.13 Å². The normalized spacial score (nSPS) is 20.4. The van der Waals surface area contributed by atoms with Crippen LogP contribution in [0.5, 0.6) is 0 Å². The molecule has 1 aromatic rings. The zero-order valence-electron chi connectivity index (χ0n) is 10.3. The highest BCUT2D eigenvalue weighted by atomic mass is 19.1. The first-order chi connectivity index (χ1) is 8.70. The number of nitriles is 1. The highest BCUT2D eigenvalue weighted by molar-refractivity contribution is 5.58. The molecule has 5 heteroatoms. The maximum absolute atomic E-state index is 13.6. The van der Waals surface area contributed by atoms with E-state index in [9.17, 15) is 4.39 Å². The lowest BCUT2D eigenvalue weighted by atomic mass is 10.1. The minimum Gasteiger partial charge on any atom is -0.379 e. The van der Waals surface area contributed by atoms with Crippen LogP contribution in [-0.2, 0) is 4.74 Å². The van der Waals surface area contributed by atoms with E-state index in [0.29, 0.717) is 18.7 Å². The lowest BCUT2D eigenvalue weighted by Crippen LogP contribution is -2.43. The predicted octanol–water partition coefficient (Wildman–Crippen LogP) is 1.44. The van der Waals surface area contributed by atoms with E-state index in [4.69, 9.17) is 10.00 Å². The van der Waals surface area contributed by atoms with Gasteiger partial charge >= 0.3 is 0 Å². The number of hydrogen-bond donors (Lipinski definition) is 1. The number of morpholine rings is 1. The molecule has 0 aliphatic carbocycles. The summed E-state index contributed by atoms with van der Waals surface area (Å²) in [7, 11) is 2.03. The minimum absolute atomic E-state index is 0.0231. The van der Waals surface area contributed by atoms with Gasteiger partial charge in [-0.3, -0.25) is 0 Å². The summed E-state index contributed by atoms with van der Waals surface area (Å²) in [5.41, 5.74) is 0.580. The third-order valence-electron chi connectivity index (χ3n) is 2.98. The highest BCUT2D eigenvalue weighted by Crippen LogP contribution is 2.19. The van der Waals surface area contributed by atoms with Crippen LogP contribution in [0.15, 0.2) is 18.2 Å². The molecular formula is C13H16FN3O. The topological polar surface area (TPSA) is 48.3 Å². The average molecular weight is 249 g/mol. The molecule has 1 atom stereocenters. The van der Waals surface area contributed by atoms with Crippen LogP contribution in [0.1, 0.15) is 5.56 Å². The van der Waals surface area contributed by atoms with Crippen LogP contribution in [0.3, 0.4) is 0 Å². The monoisotopic (exact) mass is 249 g/mol. The Hall–Kier alpha value is -1.64. The summed E-state index contributed by atoms with van der Waals surface area (Å²) in [5, 5.41) is 11.9. The van der Waals surface area contributed by atoms with Crippen molar-refractivity contribution in [3.05, 3.63) is 29.6 Å². The van der Waals surface area contributed by atoms with Gasteiger partial charge in [-0.05, 0) is 19.2 Å². The number of hydrogen-bond acceptors (Lipinski definition) is 4. The van der Waals surface area contributed by atoms with E-state index in [-0.39, 0.29) is 11.8 Å². The highest BCUT2D eigenvalue weighted by Gasteiger charge is 2.18. The number of anilines is 1. The van der Waals surface area contributed by atoms with Crippen molar-refractivity contribution in [3.63, 3.8) is 0 Å². The van der Waals surface area contributed by atoms with Gasteiger partial charge in [-0.25, -0.2) is 4.39 Å². The Balaban J connectivity index is 2.00. The molecule has 0 spiro atoms. The second-order valence-electron chi connectivity index (χ2n) is 4.41. The van der Waals surface area contributed by atoms with Gasteiger partial charge in [0.05, 0.1) is 24.0 Å². The Labute approximate surface area is 106 Å². The summed E-state index contributed by atoms with van der Waals surface area (Å²) in [4.78, 5) is 2.17. The van der Waals surface area contributed by atoms with Gasteiger partial charge in [0.1, 0.15) is 11.9 Å². The summed E-state index contributed by atoms with van der Waals surface area (Å²) >= 11 is 0. The van der Waals surface area contributed by atoms with Gasteiger partial charge in [-0.2, -0.15) is 5.26 Å². The van der Waals surface area contributed by atoms with Gasteiger partial charge in [0.2, 0.25) is 0 Å². The molecule has 1 aliphatic rings. The molecular weight excluding hydrogens is 233 g/mol. The molecule has 1 unspecified atom stereocenters. The van der Waals surface area contributed by atoms with Gasteiger partial charge in [-0.1, -0.05) is 6.07 Å². The molecule has 0 bridgehead atoms. The van der Waals surface area contributed by atoms with Crippen LogP contribution in [0.4, 0.5) is 10.1 Å². The molecule has 0 saturated carbocycles. The number of ether oxygens (including phenoxy) is 1. The second kappa shape index (κ2) is 5.80. The van der Waals surface area contributed by atoms with E-state index in [1.165, 1.54) is 12.1 Å². The number of rotatable bonds is 3. The van der Waals surface area contributed by atoms with Crippen LogP contribution in [0.2, 0.25) is 0 Å². The van der Waals surface area contributed by atoms with E-state index >= 15 is 0 Å². The Morgan fingerprint density at radius 1 is 1.61 bits per heavy atom. The van der Waals surface area contributed by atoms with Crippen LogP contribution in [0, 0.1) is 17.1 Å². The standard InChI is InChI=1S/C13H16FN3O/c1-17-5-6-18-11(9-17)8-16-13-10(7-15)3-2-4-12(13)14/h2-4,11,16H,5-6,8-9H2,1H3. The lowest BCUT2D eigenvalue weighted by Gasteiger charge is -2.30. The fourth-order valence-electron chi connectivity index (χ4n) is 2.00. The molecule has 1 N–H and O–H groups in total. The molecule has 4 nitrogen and oxygen atoms in total. The van der Waals surface area contributed by atoms with Crippen molar-refractivity contribution >= 4 is 5.69 Å². The van der Waals surface area contributed by atoms with Crippen molar-refractivity contribution in [2.24, 2.45) is 0 Å². The number of para-hydroxylation sites is 1. The molecule has 1 aromatic carbocycles. The fraction of sp³-hybridized carbons (Fsp3) is 0.462. The fourth-order valence-corrected chi connectivity index (χ4v) is 2.00. The van der Waals surface area contributed by atoms with E-state index in [0.717, 1.165) is 13.1 Å². The SMILES string of the molecule is CN1CCOC(CNc2c(F)cccc2C#N)C1. The number of benzene rings is 1. The van der Waals surface area contributed by atoms with Crippen molar-refractivity contribution in [2.45, 2.75) is 6.10 Å². The Bertz CT molecular complexity index is 458. The smallest absolute Gasteiger partial charge is 0.147 e. The van der Waals surface area contributed by atoms with Crippen LogP contribution >= 0.6 is 0 Å². The molecule has 1 saturated heterocycles. The summed E-state index contributed by atoms with van der Waals surface area (Å²) in [5.74, 6) is -0.404. The molecule has 18 heavy (non-hydrogen) atoms. The number of halogens is 1. The zero-order chi connectivity index (χ0) is 13.0. The Morgan fingerprint density at radius 3 is 3.17 bits per heavy atom. The van der Waals surface area contributed by atoms with Gasteiger partial charge in [0.25, 0.3) is 0 Å². The quantitative estimate of drug-likeness (QED) is 0.880. The zero-order valence-corrected chi connectivity index (χ0v) is 10.3. The first-order valence-electron chi connectivity index (χ1n) is 5.93. The predicted molar refractivity (Wildman–Crippen MR) is 66.8 cm³/mol. The summed E-state index contributed by atoms with van der Waals surface area (Å²) < 4.78 is 19.2. The number of nitrogens with one attached hydrogen (secondary N) is 1. The third kappa shape index (κ3) is 2.97. The van der Waals surface area contributed by atoms with E-state index in [2.05, 4.69) is 10.2 Å². The lowest BCUT2D eigenvalue weighted by molar-refractivity contribution is -0.0117. The first kappa shape index (κ1) is 12.8. The molecule has 0 amide bonds. The van der Waals surface area contributed by atoms with Gasteiger partial charge in [-0.15, -0.1) is 0 Å². The molecule has 1 heterocycles. The summed E-state index contributed by atoms with van der Waals surface area (Å²) in [6.45, 7) is 2.91. The number of nitrogens with zero attached hydrogens (tertiary/aromatic N) is 2. The van der Waals surface area contributed by atoms with Gasteiger partial charge < -0.3 is 15.0 Å². The molecule has 0 aromatic heterocycles. The minimum atomic E-state index is -0.404. The van der Waals surface area contributed by atoms with Crippen molar-refractivity contribution in [1.29, 1.82) is 5.26 Å². The van der Waals surface area contributed by atoms with E-state index < -0.39 is 5.82 Å². The largest absolute Gasteiger partial charge is 0.379 e. The van der Waals surface area contributed by atoms with Crippen molar-refractivity contribution in [2.75, 3.05) is 38.6 Å². The average Bonchev–Trinajstić information content (AvgIpc) is 2.37. The van der Waals surface area contributed by atoms with Gasteiger partial charge in [0, 0.05) is 19.6 Å². The molecule has 1 aliphatic heterocycles. The summed E-state index contributed by atoms with van der Waals surface area (Å²) in [6.07, 6.45) is 0.0231. The van der Waals surface area contributed by atoms with E-state index in [1.54, 1.807) is 6.07 Å². The van der Waals surface area contributed by atoms with Crippen LogP contribution in [-0.4, -0.2) is 44.3 Å². The molecule has 0 radical (unpaired) electrons. The Morgan fingerprint density at radius 2 is 2.44 bits per heavy atom. The Kier molecular flexibility index (Phi) is 4.13. The third-order valence-corrected chi connectivity index (χ3v) is 2.98.